The van der Waals surface area contributed by atoms with Crippen LogP contribution in [0.3, 0.4) is 0 Å². The summed E-state index contributed by atoms with van der Waals surface area (Å²) in [5.41, 5.74) is 1.89. The Morgan fingerprint density at radius 2 is 1.77 bits per heavy atom. The summed E-state index contributed by atoms with van der Waals surface area (Å²) in [5, 5.41) is 10.6. The van der Waals surface area contributed by atoms with E-state index in [1.54, 1.807) is 44.6 Å². The maximum Gasteiger partial charge on any atom is 0.335 e. The van der Waals surface area contributed by atoms with Gasteiger partial charge in [0.05, 0.1) is 25.3 Å². The molecule has 1 N–H and O–H groups in total. The third kappa shape index (κ3) is 3.84. The van der Waals surface area contributed by atoms with Gasteiger partial charge in [-0.15, -0.1) is 11.8 Å². The Labute approximate surface area is 159 Å². The van der Waals surface area contributed by atoms with Crippen molar-refractivity contribution in [2.75, 3.05) is 14.2 Å². The van der Waals surface area contributed by atoms with Crippen LogP contribution in [0.25, 0.3) is 10.9 Å². The third-order valence-electron chi connectivity index (χ3n) is 3.72. The minimum Gasteiger partial charge on any atom is -0.493 e. The van der Waals surface area contributed by atoms with Crippen molar-refractivity contribution in [2.24, 2.45) is 0 Å². The highest BCUT2D eigenvalue weighted by Crippen LogP contribution is 2.36. The Bertz CT molecular complexity index is 964. The summed E-state index contributed by atoms with van der Waals surface area (Å²) in [4.78, 5) is 19.5. The Kier molecular flexibility index (Phi) is 5.49. The van der Waals surface area contributed by atoms with E-state index in [0.29, 0.717) is 27.8 Å². The molecule has 0 aliphatic heterocycles. The lowest BCUT2D eigenvalue weighted by Gasteiger charge is -2.11. The normalized spacial score (nSPS) is 10.7. The Balaban J connectivity index is 1.92. The number of thioether (sulfide) groups is 1. The number of hydrogen-bond acceptors (Lipinski definition) is 6. The Hall–Kier alpha value is -2.51. The first-order valence-electron chi connectivity index (χ1n) is 7.56. The molecule has 0 aliphatic rings. The molecule has 0 saturated carbocycles. The minimum atomic E-state index is -0.946. The quantitative estimate of drug-likeness (QED) is 0.382. The largest absolute Gasteiger partial charge is 0.493 e. The summed E-state index contributed by atoms with van der Waals surface area (Å²) in [6.45, 7) is 0. The van der Waals surface area contributed by atoms with E-state index in [-0.39, 0.29) is 10.8 Å². The van der Waals surface area contributed by atoms with Gasteiger partial charge in [-0.25, -0.2) is 14.8 Å². The first kappa shape index (κ1) is 18.3. The summed E-state index contributed by atoms with van der Waals surface area (Å²) in [6, 6.07) is 10.3. The number of benzene rings is 2. The van der Waals surface area contributed by atoms with Crippen LogP contribution in [-0.2, 0) is 5.75 Å². The van der Waals surface area contributed by atoms with Crippen LogP contribution < -0.4 is 9.47 Å². The first-order chi connectivity index (χ1) is 12.5. The number of carboxylic acid groups (broad SMARTS) is 1. The SMILES string of the molecule is COc1cc2nc(Cl)nc(SCc3ccc(C(=O)O)cc3)c2cc1OC. The number of hydrogen-bond donors (Lipinski definition) is 1. The average Bonchev–Trinajstić information content (AvgIpc) is 2.65. The lowest BCUT2D eigenvalue weighted by Crippen LogP contribution is -1.96. The maximum atomic E-state index is 10.9. The van der Waals surface area contributed by atoms with Crippen molar-refractivity contribution in [3.63, 3.8) is 0 Å². The van der Waals surface area contributed by atoms with E-state index in [4.69, 9.17) is 26.2 Å². The average molecular weight is 391 g/mol. The van der Waals surface area contributed by atoms with Crippen molar-refractivity contribution in [1.29, 1.82) is 0 Å². The van der Waals surface area contributed by atoms with Gasteiger partial charge in [-0.2, -0.15) is 0 Å². The van der Waals surface area contributed by atoms with Gasteiger partial charge in [0.1, 0.15) is 5.03 Å². The van der Waals surface area contributed by atoms with Crippen LogP contribution >= 0.6 is 23.4 Å². The molecule has 0 unspecified atom stereocenters. The van der Waals surface area contributed by atoms with E-state index < -0.39 is 5.97 Å². The zero-order valence-corrected chi connectivity index (χ0v) is 15.6. The van der Waals surface area contributed by atoms with Crippen molar-refractivity contribution in [3.05, 3.63) is 52.8 Å². The second-order valence-electron chi connectivity index (χ2n) is 5.31. The van der Waals surface area contributed by atoms with Crippen molar-refractivity contribution in [3.8, 4) is 11.5 Å². The molecule has 26 heavy (non-hydrogen) atoms. The zero-order valence-electron chi connectivity index (χ0n) is 14.0. The monoisotopic (exact) mass is 390 g/mol. The van der Waals surface area contributed by atoms with Gasteiger partial charge in [0.2, 0.25) is 5.28 Å². The van der Waals surface area contributed by atoms with Crippen LogP contribution in [0.1, 0.15) is 15.9 Å². The predicted octanol–water partition coefficient (Wildman–Crippen LogP) is 4.29. The fraction of sp³-hybridized carbons (Fsp3) is 0.167. The molecule has 0 amide bonds. The summed E-state index contributed by atoms with van der Waals surface area (Å²) < 4.78 is 10.7. The van der Waals surface area contributed by atoms with Crippen LogP contribution in [0.4, 0.5) is 0 Å². The van der Waals surface area contributed by atoms with Gasteiger partial charge in [-0.1, -0.05) is 12.1 Å². The summed E-state index contributed by atoms with van der Waals surface area (Å²) in [5.74, 6) is 0.809. The number of carboxylic acids is 1. The Morgan fingerprint density at radius 3 is 2.38 bits per heavy atom. The van der Waals surface area contributed by atoms with Crippen LogP contribution in [-0.4, -0.2) is 35.3 Å². The van der Waals surface area contributed by atoms with E-state index in [1.165, 1.54) is 11.8 Å². The molecule has 1 aromatic heterocycles. The fourth-order valence-electron chi connectivity index (χ4n) is 2.41. The molecule has 2 aromatic carbocycles. The molecule has 8 heteroatoms. The highest BCUT2D eigenvalue weighted by atomic mass is 35.5. The number of halogens is 1. The number of carbonyl (C=O) groups is 1. The highest BCUT2D eigenvalue weighted by molar-refractivity contribution is 7.98. The molecule has 6 nitrogen and oxygen atoms in total. The molecule has 3 aromatic rings. The lowest BCUT2D eigenvalue weighted by atomic mass is 10.1. The zero-order chi connectivity index (χ0) is 18.7. The summed E-state index contributed by atoms with van der Waals surface area (Å²) in [6.07, 6.45) is 0. The van der Waals surface area contributed by atoms with Gasteiger partial charge < -0.3 is 14.6 Å². The number of nitrogens with zero attached hydrogens (tertiary/aromatic N) is 2. The highest BCUT2D eigenvalue weighted by Gasteiger charge is 2.13. The van der Waals surface area contributed by atoms with Crippen LogP contribution in [0.2, 0.25) is 5.28 Å². The number of ether oxygens (including phenoxy) is 2. The van der Waals surface area contributed by atoms with Crippen molar-refractivity contribution >= 4 is 40.2 Å². The van der Waals surface area contributed by atoms with Gasteiger partial charge in [-0.3, -0.25) is 0 Å². The molecule has 0 spiro atoms. The molecule has 0 radical (unpaired) electrons. The lowest BCUT2D eigenvalue weighted by molar-refractivity contribution is 0.0697. The van der Waals surface area contributed by atoms with E-state index >= 15 is 0 Å². The van der Waals surface area contributed by atoms with Crippen LogP contribution in [0.15, 0.2) is 41.4 Å². The number of fused-ring (bicyclic) bond motifs is 1. The molecule has 1 heterocycles. The molecule has 134 valence electrons. The Morgan fingerprint density at radius 1 is 1.12 bits per heavy atom. The van der Waals surface area contributed by atoms with Gasteiger partial charge in [0.25, 0.3) is 0 Å². The minimum absolute atomic E-state index is 0.147. The van der Waals surface area contributed by atoms with Crippen molar-refractivity contribution < 1.29 is 19.4 Å². The first-order valence-corrected chi connectivity index (χ1v) is 8.92. The van der Waals surface area contributed by atoms with E-state index in [1.807, 2.05) is 6.07 Å². The van der Waals surface area contributed by atoms with E-state index in [9.17, 15) is 4.79 Å². The summed E-state index contributed by atoms with van der Waals surface area (Å²) in [7, 11) is 3.13. The molecular weight excluding hydrogens is 376 g/mol. The smallest absolute Gasteiger partial charge is 0.335 e. The number of rotatable bonds is 6. The molecular formula is C18H15ClN2O4S. The summed E-state index contributed by atoms with van der Waals surface area (Å²) >= 11 is 7.54. The molecule has 0 aliphatic carbocycles. The topological polar surface area (TPSA) is 81.5 Å². The van der Waals surface area contributed by atoms with Crippen molar-refractivity contribution in [2.45, 2.75) is 10.8 Å². The molecule has 0 bridgehead atoms. The van der Waals surface area contributed by atoms with Gasteiger partial charge >= 0.3 is 5.97 Å². The molecule has 0 atom stereocenters. The number of methoxy groups -OCH3 is 2. The van der Waals surface area contributed by atoms with Crippen LogP contribution in [0, 0.1) is 0 Å². The van der Waals surface area contributed by atoms with Gasteiger partial charge in [0.15, 0.2) is 11.5 Å². The van der Waals surface area contributed by atoms with E-state index in [0.717, 1.165) is 10.9 Å². The third-order valence-corrected chi connectivity index (χ3v) is 4.95. The second kappa shape index (κ2) is 7.80. The molecule has 0 saturated heterocycles. The second-order valence-corrected chi connectivity index (χ2v) is 6.61. The molecule has 0 fully saturated rings. The van der Waals surface area contributed by atoms with Gasteiger partial charge in [-0.05, 0) is 35.4 Å². The van der Waals surface area contributed by atoms with Crippen LogP contribution in [0.5, 0.6) is 11.5 Å². The standard InChI is InChI=1S/C18H15ClN2O4S/c1-24-14-7-12-13(8-15(14)25-2)20-18(19)21-16(12)26-9-10-3-5-11(6-4-10)17(22)23/h3-8H,9H2,1-2H3,(H,22,23). The predicted molar refractivity (Wildman–Crippen MR) is 101 cm³/mol. The van der Waals surface area contributed by atoms with E-state index in [2.05, 4.69) is 9.97 Å². The maximum absolute atomic E-state index is 10.9. The fourth-order valence-corrected chi connectivity index (χ4v) is 3.60. The number of aromatic carboxylic acids is 1. The van der Waals surface area contributed by atoms with Crippen molar-refractivity contribution in [1.82, 2.24) is 9.97 Å². The number of aromatic nitrogens is 2. The molecule has 3 rings (SSSR count). The van der Waals surface area contributed by atoms with Gasteiger partial charge in [0, 0.05) is 17.2 Å².